The van der Waals surface area contributed by atoms with E-state index >= 15 is 0 Å². The van der Waals surface area contributed by atoms with E-state index in [1.54, 1.807) is 0 Å². The highest BCUT2D eigenvalue weighted by Crippen LogP contribution is 2.24. The van der Waals surface area contributed by atoms with Crippen LogP contribution in [0.15, 0.2) is 36.4 Å². The quantitative estimate of drug-likeness (QED) is 0.538. The topological polar surface area (TPSA) is 18.5 Å². The van der Waals surface area contributed by atoms with E-state index in [9.17, 15) is 4.39 Å². The van der Waals surface area contributed by atoms with Crippen LogP contribution < -0.4 is 0 Å². The van der Waals surface area contributed by atoms with Crippen molar-refractivity contribution in [3.8, 4) is 0 Å². The third-order valence-electron chi connectivity index (χ3n) is 2.76. The lowest BCUT2D eigenvalue weighted by Gasteiger charge is -2.26. The molecular weight excluding hydrogens is 219 g/mol. The lowest BCUT2D eigenvalue weighted by atomic mass is 10.0. The van der Waals surface area contributed by atoms with Gasteiger partial charge in [0.1, 0.15) is 17.7 Å². The smallest absolute Gasteiger partial charge is 0.125 e. The Morgan fingerprint density at radius 1 is 1.35 bits per heavy atom. The van der Waals surface area contributed by atoms with Gasteiger partial charge in [0.25, 0.3) is 0 Å². The van der Waals surface area contributed by atoms with Gasteiger partial charge in [-0.25, -0.2) is 4.39 Å². The van der Waals surface area contributed by atoms with E-state index in [0.29, 0.717) is 19.0 Å². The van der Waals surface area contributed by atoms with Gasteiger partial charge in [-0.3, -0.25) is 0 Å². The number of ether oxygens (including phenoxy) is 2. The average molecular weight is 240 g/mol. The van der Waals surface area contributed by atoms with E-state index in [1.807, 2.05) is 13.8 Å². The predicted molar refractivity (Wildman–Crippen MR) is 67.2 cm³/mol. The third-order valence-corrected chi connectivity index (χ3v) is 2.76. The second-order valence-electron chi connectivity index (χ2n) is 4.56. The molecule has 0 spiro atoms. The molecule has 2 nitrogen and oxygen atoms in total. The van der Waals surface area contributed by atoms with Crippen molar-refractivity contribution < 1.29 is 13.9 Å². The Morgan fingerprint density at radius 2 is 1.94 bits per heavy atom. The van der Waals surface area contributed by atoms with Crippen LogP contribution in [-0.4, -0.2) is 19.3 Å². The molecule has 0 aromatic carbocycles. The molecule has 0 aromatic rings. The number of allylic oxidation sites excluding steroid dienone is 3. The van der Waals surface area contributed by atoms with Gasteiger partial charge in [-0.2, -0.15) is 0 Å². The fraction of sp³-hybridized carbons (Fsp3) is 0.571. The normalized spacial score (nSPS) is 18.2. The van der Waals surface area contributed by atoms with Gasteiger partial charge in [0, 0.05) is 18.9 Å². The van der Waals surface area contributed by atoms with Gasteiger partial charge in [0.05, 0.1) is 13.2 Å². The van der Waals surface area contributed by atoms with Gasteiger partial charge in [-0.15, -0.1) is 0 Å². The number of rotatable bonds is 5. The van der Waals surface area contributed by atoms with E-state index in [-0.39, 0.29) is 12.0 Å². The lowest BCUT2D eigenvalue weighted by molar-refractivity contribution is -0.00247. The van der Waals surface area contributed by atoms with Crippen molar-refractivity contribution in [1.29, 1.82) is 0 Å². The first-order valence-corrected chi connectivity index (χ1v) is 6.00. The first-order valence-electron chi connectivity index (χ1n) is 6.00. The standard InChI is InChI=1S/C14H21FO2/c1-10(2)12(4)14(9-11(3)15)17-13-5-7-16-8-6-13/h9-10,13H,3-8H2,1-2H3/b14-9+. The summed E-state index contributed by atoms with van der Waals surface area (Å²) in [6.45, 7) is 12.6. The van der Waals surface area contributed by atoms with Crippen molar-refractivity contribution in [2.45, 2.75) is 32.8 Å². The van der Waals surface area contributed by atoms with Gasteiger partial charge >= 0.3 is 0 Å². The van der Waals surface area contributed by atoms with Crippen molar-refractivity contribution in [1.82, 2.24) is 0 Å². The molecule has 0 atom stereocenters. The number of hydrogen-bond acceptors (Lipinski definition) is 2. The summed E-state index contributed by atoms with van der Waals surface area (Å²) < 4.78 is 24.0. The van der Waals surface area contributed by atoms with E-state index in [4.69, 9.17) is 9.47 Å². The lowest BCUT2D eigenvalue weighted by Crippen LogP contribution is -2.24. The van der Waals surface area contributed by atoms with E-state index in [2.05, 4.69) is 13.2 Å². The minimum Gasteiger partial charge on any atom is -0.490 e. The van der Waals surface area contributed by atoms with Gasteiger partial charge in [0.15, 0.2) is 0 Å². The summed E-state index contributed by atoms with van der Waals surface area (Å²) in [5.74, 6) is 0.230. The van der Waals surface area contributed by atoms with Crippen LogP contribution in [0.4, 0.5) is 4.39 Å². The van der Waals surface area contributed by atoms with Crippen LogP contribution in [-0.2, 0) is 9.47 Å². The molecular formula is C14H21FO2. The highest BCUT2D eigenvalue weighted by atomic mass is 19.1. The largest absolute Gasteiger partial charge is 0.490 e. The zero-order chi connectivity index (χ0) is 12.8. The van der Waals surface area contributed by atoms with Gasteiger partial charge in [-0.05, 0) is 11.5 Å². The summed E-state index contributed by atoms with van der Waals surface area (Å²) >= 11 is 0. The molecule has 1 aliphatic rings. The van der Waals surface area contributed by atoms with E-state index in [1.165, 1.54) is 6.08 Å². The Kier molecular flexibility index (Phi) is 5.42. The van der Waals surface area contributed by atoms with Gasteiger partial charge in [-0.1, -0.05) is 27.0 Å². The van der Waals surface area contributed by atoms with E-state index in [0.717, 1.165) is 18.4 Å². The molecule has 0 bridgehead atoms. The zero-order valence-corrected chi connectivity index (χ0v) is 10.7. The third kappa shape index (κ3) is 4.73. The summed E-state index contributed by atoms with van der Waals surface area (Å²) in [5.41, 5.74) is 0.801. The van der Waals surface area contributed by atoms with E-state index < -0.39 is 5.83 Å². The molecule has 0 saturated carbocycles. The Labute approximate surface area is 103 Å². The SMILES string of the molecule is C=C(F)/C=C(/OC1CCOCC1)C(=C)C(C)C. The Morgan fingerprint density at radius 3 is 2.41 bits per heavy atom. The molecule has 3 heteroatoms. The van der Waals surface area contributed by atoms with Crippen LogP contribution in [0.2, 0.25) is 0 Å². The minimum atomic E-state index is -0.506. The summed E-state index contributed by atoms with van der Waals surface area (Å²) in [6, 6.07) is 0. The molecule has 17 heavy (non-hydrogen) atoms. The second-order valence-corrected chi connectivity index (χ2v) is 4.56. The number of halogens is 1. The Balaban J connectivity index is 2.69. The molecule has 0 aliphatic carbocycles. The number of hydrogen-bond donors (Lipinski definition) is 0. The van der Waals surface area contributed by atoms with Crippen LogP contribution in [0.3, 0.4) is 0 Å². The molecule has 0 N–H and O–H groups in total. The van der Waals surface area contributed by atoms with Crippen LogP contribution in [0, 0.1) is 5.92 Å². The average Bonchev–Trinajstić information content (AvgIpc) is 2.28. The first kappa shape index (κ1) is 14.0. The molecule has 1 saturated heterocycles. The Bertz CT molecular complexity index is 312. The highest BCUT2D eigenvalue weighted by molar-refractivity contribution is 5.29. The summed E-state index contributed by atoms with van der Waals surface area (Å²) in [6.07, 6.45) is 3.07. The molecule has 1 aliphatic heterocycles. The first-order chi connectivity index (χ1) is 8.00. The molecule has 1 rings (SSSR count). The highest BCUT2D eigenvalue weighted by Gasteiger charge is 2.18. The molecule has 0 radical (unpaired) electrons. The molecule has 96 valence electrons. The summed E-state index contributed by atoms with van der Waals surface area (Å²) in [4.78, 5) is 0. The fourth-order valence-corrected chi connectivity index (χ4v) is 1.60. The van der Waals surface area contributed by atoms with Crippen molar-refractivity contribution in [2.75, 3.05) is 13.2 Å². The monoisotopic (exact) mass is 240 g/mol. The van der Waals surface area contributed by atoms with Crippen LogP contribution in [0.25, 0.3) is 0 Å². The second kappa shape index (κ2) is 6.60. The van der Waals surface area contributed by atoms with Crippen LogP contribution in [0.5, 0.6) is 0 Å². The van der Waals surface area contributed by atoms with Gasteiger partial charge in [0.2, 0.25) is 0 Å². The van der Waals surface area contributed by atoms with Gasteiger partial charge < -0.3 is 9.47 Å². The molecule has 1 heterocycles. The predicted octanol–water partition coefficient (Wildman–Crippen LogP) is 3.76. The van der Waals surface area contributed by atoms with Crippen LogP contribution >= 0.6 is 0 Å². The summed E-state index contributed by atoms with van der Waals surface area (Å²) in [5, 5.41) is 0. The minimum absolute atomic E-state index is 0.0878. The maximum Gasteiger partial charge on any atom is 0.125 e. The molecule has 1 fully saturated rings. The van der Waals surface area contributed by atoms with Crippen LogP contribution in [0.1, 0.15) is 26.7 Å². The van der Waals surface area contributed by atoms with Crippen molar-refractivity contribution in [3.63, 3.8) is 0 Å². The summed E-state index contributed by atoms with van der Waals surface area (Å²) in [7, 11) is 0. The molecule has 0 aromatic heterocycles. The maximum atomic E-state index is 12.9. The van der Waals surface area contributed by atoms with Crippen molar-refractivity contribution >= 4 is 0 Å². The maximum absolute atomic E-state index is 12.9. The van der Waals surface area contributed by atoms with Crippen molar-refractivity contribution in [3.05, 3.63) is 36.4 Å². The molecule has 0 unspecified atom stereocenters. The Hall–Kier alpha value is -1.09. The molecule has 0 amide bonds. The fourth-order valence-electron chi connectivity index (χ4n) is 1.60. The van der Waals surface area contributed by atoms with Crippen molar-refractivity contribution in [2.24, 2.45) is 5.92 Å². The zero-order valence-electron chi connectivity index (χ0n) is 10.7.